The maximum absolute atomic E-state index is 11.5. The molecule has 8 nitrogen and oxygen atoms in total. The van der Waals surface area contributed by atoms with Crippen LogP contribution in [0.2, 0.25) is 0 Å². The zero-order valence-electron chi connectivity index (χ0n) is 11.8. The number of nitrogens with one attached hydrogen (secondary N) is 1. The molecule has 0 saturated heterocycles. The second kappa shape index (κ2) is 6.88. The molecule has 3 N–H and O–H groups in total. The number of alkyl carbamates (subject to hydrolysis) is 1. The first-order valence-corrected chi connectivity index (χ1v) is 5.97. The number of carboxylic acid groups (broad SMARTS) is 2. The van der Waals surface area contributed by atoms with Crippen molar-refractivity contribution in [2.45, 2.75) is 45.8 Å². The van der Waals surface area contributed by atoms with E-state index in [9.17, 15) is 19.2 Å². The Morgan fingerprint density at radius 1 is 1.10 bits per heavy atom. The molecule has 2 unspecified atom stereocenters. The normalized spacial score (nSPS) is 14.0. The summed E-state index contributed by atoms with van der Waals surface area (Å²) in [6.07, 6.45) is -1.25. The van der Waals surface area contributed by atoms with Crippen LogP contribution in [0.15, 0.2) is 0 Å². The van der Waals surface area contributed by atoms with E-state index < -0.39 is 41.4 Å². The van der Waals surface area contributed by atoms with Crippen LogP contribution in [-0.4, -0.2) is 45.7 Å². The van der Waals surface area contributed by atoms with E-state index in [2.05, 4.69) is 0 Å². The van der Waals surface area contributed by atoms with Gasteiger partial charge in [-0.05, 0) is 20.8 Å². The average Bonchev–Trinajstić information content (AvgIpc) is 2.24. The molecule has 0 aromatic rings. The lowest BCUT2D eigenvalue weighted by Gasteiger charge is -2.24. The maximum atomic E-state index is 11.5. The van der Waals surface area contributed by atoms with Crippen molar-refractivity contribution in [2.75, 3.05) is 0 Å². The van der Waals surface area contributed by atoms with Crippen LogP contribution in [-0.2, 0) is 19.1 Å². The largest absolute Gasteiger partial charge is 0.481 e. The third kappa shape index (κ3) is 5.68. The van der Waals surface area contributed by atoms with E-state index in [1.165, 1.54) is 6.92 Å². The van der Waals surface area contributed by atoms with E-state index in [4.69, 9.17) is 14.9 Å². The summed E-state index contributed by atoms with van der Waals surface area (Å²) in [5.41, 5.74) is -0.874. The monoisotopic (exact) mass is 289 g/mol. The first-order valence-electron chi connectivity index (χ1n) is 5.97. The highest BCUT2D eigenvalue weighted by Gasteiger charge is 2.40. The van der Waals surface area contributed by atoms with Gasteiger partial charge in [0.2, 0.25) is 0 Å². The molecule has 1 amide bonds. The zero-order valence-corrected chi connectivity index (χ0v) is 11.8. The van der Waals surface area contributed by atoms with Gasteiger partial charge in [0, 0.05) is 6.42 Å². The van der Waals surface area contributed by atoms with E-state index in [1.54, 1.807) is 20.8 Å². The average molecular weight is 289 g/mol. The first kappa shape index (κ1) is 17.9. The number of carbonyl (C=O) groups is 4. The van der Waals surface area contributed by atoms with E-state index in [-0.39, 0.29) is 6.42 Å². The number of hydrogen-bond acceptors (Lipinski definition) is 5. The molecule has 20 heavy (non-hydrogen) atoms. The molecule has 8 heteroatoms. The van der Waals surface area contributed by atoms with Crippen molar-refractivity contribution < 1.29 is 34.1 Å². The molecular formula is C12H19NO7. The highest BCUT2D eigenvalue weighted by molar-refractivity contribution is 6.03. The Kier molecular flexibility index (Phi) is 6.15. The minimum absolute atomic E-state index is 0.156. The number of amides is 1. The predicted molar refractivity (Wildman–Crippen MR) is 67.2 cm³/mol. The van der Waals surface area contributed by atoms with Crippen molar-refractivity contribution in [2.24, 2.45) is 5.92 Å². The Hall–Kier alpha value is -2.12. The first-order chi connectivity index (χ1) is 8.99. The SMILES string of the molecule is CCC(=O)C(C(=O)O)C(NC(=O)OC(C)(C)C)C(=O)O. The standard InChI is InChI=1S/C12H19NO7/c1-5-6(14)7(9(15)16)8(10(17)18)13-11(19)20-12(2,3)4/h7-8H,5H2,1-4H3,(H,13,19)(H,15,16)(H,17,18). The third-order valence-electron chi connectivity index (χ3n) is 2.23. The van der Waals surface area contributed by atoms with Crippen LogP contribution in [0, 0.1) is 5.92 Å². The lowest BCUT2D eigenvalue weighted by Crippen LogP contribution is -2.52. The van der Waals surface area contributed by atoms with Gasteiger partial charge in [0.05, 0.1) is 0 Å². The van der Waals surface area contributed by atoms with Gasteiger partial charge in [-0.15, -0.1) is 0 Å². The summed E-state index contributed by atoms with van der Waals surface area (Å²) in [4.78, 5) is 45.2. The van der Waals surface area contributed by atoms with Gasteiger partial charge in [0.1, 0.15) is 23.3 Å². The quantitative estimate of drug-likeness (QED) is 0.612. The number of carboxylic acids is 2. The number of ketones is 1. The van der Waals surface area contributed by atoms with Gasteiger partial charge in [0.15, 0.2) is 0 Å². The van der Waals surface area contributed by atoms with Crippen LogP contribution in [0.1, 0.15) is 34.1 Å². The van der Waals surface area contributed by atoms with Gasteiger partial charge < -0.3 is 20.3 Å². The molecule has 114 valence electrons. The molecule has 0 aliphatic carbocycles. The number of rotatable bonds is 6. The van der Waals surface area contributed by atoms with E-state index in [0.29, 0.717) is 0 Å². The summed E-state index contributed by atoms with van der Waals surface area (Å²) in [5.74, 6) is -5.88. The number of Topliss-reactive ketones (excluding diaryl/α,β-unsaturated/α-hetero) is 1. The molecule has 0 bridgehead atoms. The Balaban J connectivity index is 5.14. The fourth-order valence-corrected chi connectivity index (χ4v) is 1.41. The lowest BCUT2D eigenvalue weighted by atomic mass is 9.93. The van der Waals surface area contributed by atoms with Gasteiger partial charge >= 0.3 is 18.0 Å². The molecule has 0 heterocycles. The topological polar surface area (TPSA) is 130 Å². The highest BCUT2D eigenvalue weighted by Crippen LogP contribution is 2.12. The summed E-state index contributed by atoms with van der Waals surface area (Å²) in [6, 6.07) is -1.88. The van der Waals surface area contributed by atoms with Gasteiger partial charge in [-0.3, -0.25) is 9.59 Å². The molecule has 0 rings (SSSR count). The number of aliphatic carboxylic acids is 2. The summed E-state index contributed by atoms with van der Waals surface area (Å²) in [6.45, 7) is 6.10. The van der Waals surface area contributed by atoms with Crippen molar-refractivity contribution in [3.05, 3.63) is 0 Å². The second-order valence-electron chi connectivity index (χ2n) is 5.10. The minimum atomic E-state index is -1.88. The molecule has 0 saturated carbocycles. The maximum Gasteiger partial charge on any atom is 0.408 e. The number of carbonyl (C=O) groups excluding carboxylic acids is 2. The smallest absolute Gasteiger partial charge is 0.408 e. The molecule has 0 aromatic heterocycles. The molecule has 0 aliphatic heterocycles. The number of ether oxygens (including phenoxy) is 1. The van der Waals surface area contributed by atoms with Gasteiger partial charge in [-0.25, -0.2) is 9.59 Å². The van der Waals surface area contributed by atoms with Gasteiger partial charge in [-0.2, -0.15) is 0 Å². The van der Waals surface area contributed by atoms with E-state index >= 15 is 0 Å². The Morgan fingerprint density at radius 3 is 1.90 bits per heavy atom. The van der Waals surface area contributed by atoms with Gasteiger partial charge in [0.25, 0.3) is 0 Å². The third-order valence-corrected chi connectivity index (χ3v) is 2.23. The molecule has 0 aromatic carbocycles. The summed E-state index contributed by atoms with van der Waals surface area (Å²) in [5, 5.41) is 19.9. The Labute approximate surface area is 116 Å². The van der Waals surface area contributed by atoms with E-state index in [0.717, 1.165) is 0 Å². The van der Waals surface area contributed by atoms with Crippen LogP contribution in [0.4, 0.5) is 4.79 Å². The summed E-state index contributed by atoms with van der Waals surface area (Å²) >= 11 is 0. The predicted octanol–water partition coefficient (Wildman–Crippen LogP) is 0.644. The highest BCUT2D eigenvalue weighted by atomic mass is 16.6. The van der Waals surface area contributed by atoms with Crippen molar-refractivity contribution >= 4 is 23.8 Å². The molecule has 0 fully saturated rings. The Morgan fingerprint density at radius 2 is 1.60 bits per heavy atom. The molecule has 2 atom stereocenters. The molecular weight excluding hydrogens is 270 g/mol. The van der Waals surface area contributed by atoms with Crippen LogP contribution < -0.4 is 5.32 Å². The van der Waals surface area contributed by atoms with Crippen LogP contribution in [0.25, 0.3) is 0 Å². The van der Waals surface area contributed by atoms with Crippen LogP contribution in [0.5, 0.6) is 0 Å². The molecule has 0 radical (unpaired) electrons. The molecule has 0 spiro atoms. The molecule has 0 aliphatic rings. The lowest BCUT2D eigenvalue weighted by molar-refractivity contribution is -0.154. The zero-order chi connectivity index (χ0) is 16.1. The van der Waals surface area contributed by atoms with E-state index in [1.807, 2.05) is 5.32 Å². The van der Waals surface area contributed by atoms with Crippen molar-refractivity contribution in [3.8, 4) is 0 Å². The van der Waals surface area contributed by atoms with Gasteiger partial charge in [-0.1, -0.05) is 6.92 Å². The summed E-state index contributed by atoms with van der Waals surface area (Å²) in [7, 11) is 0. The van der Waals surface area contributed by atoms with Crippen molar-refractivity contribution in [1.29, 1.82) is 0 Å². The van der Waals surface area contributed by atoms with Crippen LogP contribution in [0.3, 0.4) is 0 Å². The minimum Gasteiger partial charge on any atom is -0.481 e. The fourth-order valence-electron chi connectivity index (χ4n) is 1.41. The fraction of sp³-hybridized carbons (Fsp3) is 0.667. The number of hydrogen-bond donors (Lipinski definition) is 3. The second-order valence-corrected chi connectivity index (χ2v) is 5.10. The van der Waals surface area contributed by atoms with Crippen molar-refractivity contribution in [3.63, 3.8) is 0 Å². The summed E-state index contributed by atoms with van der Waals surface area (Å²) < 4.78 is 4.84. The van der Waals surface area contributed by atoms with Crippen LogP contribution >= 0.6 is 0 Å². The Bertz CT molecular complexity index is 411. The van der Waals surface area contributed by atoms with Crippen molar-refractivity contribution in [1.82, 2.24) is 5.32 Å².